The molecule has 0 spiro atoms. The summed E-state index contributed by atoms with van der Waals surface area (Å²) in [6, 6.07) is 11.7. The molecule has 0 amide bonds. The maximum atomic E-state index is 6.00. The summed E-state index contributed by atoms with van der Waals surface area (Å²) in [7, 11) is 0. The Morgan fingerprint density at radius 1 is 1.05 bits per heavy atom. The lowest BCUT2D eigenvalue weighted by molar-refractivity contribution is 0.340. The van der Waals surface area contributed by atoms with Gasteiger partial charge in [-0.05, 0) is 48.9 Å². The highest BCUT2D eigenvalue weighted by molar-refractivity contribution is 5.87. The van der Waals surface area contributed by atoms with Gasteiger partial charge in [-0.2, -0.15) is 5.10 Å². The number of hydrogen-bond acceptors (Lipinski definition) is 4. The largest absolute Gasteiger partial charge is 0.494 e. The summed E-state index contributed by atoms with van der Waals surface area (Å²) < 4.78 is 5.46. The van der Waals surface area contributed by atoms with Crippen LogP contribution in [0, 0.1) is 0 Å². The van der Waals surface area contributed by atoms with E-state index in [9.17, 15) is 0 Å². The predicted molar refractivity (Wildman–Crippen MR) is 82.8 cm³/mol. The summed E-state index contributed by atoms with van der Waals surface area (Å²) in [6.45, 7) is 2.61. The monoisotopic (exact) mass is 280 g/mol. The average molecular weight is 280 g/mol. The van der Waals surface area contributed by atoms with Gasteiger partial charge >= 0.3 is 0 Å². The van der Waals surface area contributed by atoms with E-state index in [-0.39, 0.29) is 0 Å². The Morgan fingerprint density at radius 2 is 1.76 bits per heavy atom. The van der Waals surface area contributed by atoms with Gasteiger partial charge in [0.2, 0.25) is 0 Å². The molecule has 0 aliphatic carbocycles. The summed E-state index contributed by atoms with van der Waals surface area (Å²) in [5.41, 5.74) is 9.78. The van der Waals surface area contributed by atoms with E-state index in [4.69, 9.17) is 10.5 Å². The first kappa shape index (κ1) is 13.2. The van der Waals surface area contributed by atoms with Crippen molar-refractivity contribution >= 4 is 5.82 Å². The lowest BCUT2D eigenvalue weighted by atomic mass is 10.0. The number of aromatic amines is 1. The summed E-state index contributed by atoms with van der Waals surface area (Å²) in [5, 5.41) is 7.13. The summed E-state index contributed by atoms with van der Waals surface area (Å²) in [6.07, 6.45) is 3.48. The second-order valence-electron chi connectivity index (χ2n) is 4.55. The number of aromatic nitrogens is 3. The van der Waals surface area contributed by atoms with Gasteiger partial charge < -0.3 is 10.5 Å². The molecule has 2 heterocycles. The molecule has 0 unspecified atom stereocenters. The van der Waals surface area contributed by atoms with Gasteiger partial charge in [0.1, 0.15) is 5.75 Å². The average Bonchev–Trinajstić information content (AvgIpc) is 2.91. The minimum Gasteiger partial charge on any atom is -0.494 e. The van der Waals surface area contributed by atoms with E-state index >= 15 is 0 Å². The van der Waals surface area contributed by atoms with Gasteiger partial charge in [-0.15, -0.1) is 0 Å². The fourth-order valence-corrected chi connectivity index (χ4v) is 2.26. The van der Waals surface area contributed by atoms with Crippen molar-refractivity contribution in [1.82, 2.24) is 15.2 Å². The van der Waals surface area contributed by atoms with Gasteiger partial charge in [0.25, 0.3) is 0 Å². The second-order valence-corrected chi connectivity index (χ2v) is 4.55. The SMILES string of the molecule is CCOc1ccc(-c2[nH]nc(N)c2-c2ccncc2)cc1. The lowest BCUT2D eigenvalue weighted by Gasteiger charge is -2.06. The number of benzene rings is 1. The van der Waals surface area contributed by atoms with Crippen LogP contribution >= 0.6 is 0 Å². The number of nitrogens with one attached hydrogen (secondary N) is 1. The van der Waals surface area contributed by atoms with Crippen LogP contribution in [0.25, 0.3) is 22.4 Å². The molecule has 3 N–H and O–H groups in total. The molecule has 0 atom stereocenters. The van der Waals surface area contributed by atoms with Gasteiger partial charge in [-0.3, -0.25) is 10.1 Å². The van der Waals surface area contributed by atoms with Crippen molar-refractivity contribution in [3.63, 3.8) is 0 Å². The van der Waals surface area contributed by atoms with Crippen LogP contribution in [0.5, 0.6) is 5.75 Å². The number of ether oxygens (including phenoxy) is 1. The molecule has 106 valence electrons. The van der Waals surface area contributed by atoms with Crippen LogP contribution in [0.15, 0.2) is 48.8 Å². The summed E-state index contributed by atoms with van der Waals surface area (Å²) >= 11 is 0. The second kappa shape index (κ2) is 5.66. The van der Waals surface area contributed by atoms with Gasteiger partial charge in [0.15, 0.2) is 5.82 Å². The first-order valence-corrected chi connectivity index (χ1v) is 6.77. The van der Waals surface area contributed by atoms with E-state index in [2.05, 4.69) is 15.2 Å². The van der Waals surface area contributed by atoms with Crippen LogP contribution in [-0.2, 0) is 0 Å². The van der Waals surface area contributed by atoms with Crippen molar-refractivity contribution in [2.45, 2.75) is 6.92 Å². The molecule has 3 rings (SSSR count). The van der Waals surface area contributed by atoms with E-state index in [0.717, 1.165) is 28.1 Å². The maximum absolute atomic E-state index is 6.00. The smallest absolute Gasteiger partial charge is 0.153 e. The number of H-pyrrole nitrogens is 1. The molecule has 0 saturated carbocycles. The third kappa shape index (κ3) is 2.58. The van der Waals surface area contributed by atoms with E-state index in [1.807, 2.05) is 43.3 Å². The molecule has 0 fully saturated rings. The first-order chi connectivity index (χ1) is 10.3. The molecule has 21 heavy (non-hydrogen) atoms. The number of hydrogen-bond donors (Lipinski definition) is 2. The Bertz CT molecular complexity index is 720. The van der Waals surface area contributed by atoms with Crippen LogP contribution in [-0.4, -0.2) is 21.8 Å². The molecule has 0 radical (unpaired) electrons. The van der Waals surface area contributed by atoms with Crippen LogP contribution in [0.1, 0.15) is 6.92 Å². The molecule has 0 bridgehead atoms. The number of pyridine rings is 1. The van der Waals surface area contributed by atoms with Crippen molar-refractivity contribution < 1.29 is 4.74 Å². The molecule has 0 aliphatic rings. The van der Waals surface area contributed by atoms with Crippen LogP contribution in [0.3, 0.4) is 0 Å². The van der Waals surface area contributed by atoms with Crippen LogP contribution in [0.2, 0.25) is 0 Å². The van der Waals surface area contributed by atoms with Gasteiger partial charge in [0.05, 0.1) is 17.9 Å². The highest BCUT2D eigenvalue weighted by Gasteiger charge is 2.14. The zero-order valence-corrected chi connectivity index (χ0v) is 11.7. The molecular formula is C16H16N4O. The third-order valence-electron chi connectivity index (χ3n) is 3.22. The quantitative estimate of drug-likeness (QED) is 0.769. The van der Waals surface area contributed by atoms with Crippen LogP contribution in [0.4, 0.5) is 5.82 Å². The zero-order valence-electron chi connectivity index (χ0n) is 11.7. The highest BCUT2D eigenvalue weighted by atomic mass is 16.5. The molecule has 2 aromatic heterocycles. The summed E-state index contributed by atoms with van der Waals surface area (Å²) in [4.78, 5) is 4.03. The topological polar surface area (TPSA) is 76.8 Å². The standard InChI is InChI=1S/C16H16N4O/c1-2-21-13-5-3-12(4-6-13)15-14(16(17)20-19-15)11-7-9-18-10-8-11/h3-10H,2H2,1H3,(H3,17,19,20). The lowest BCUT2D eigenvalue weighted by Crippen LogP contribution is -1.91. The normalized spacial score (nSPS) is 10.5. The number of anilines is 1. The Hall–Kier alpha value is -2.82. The number of nitrogens with zero attached hydrogens (tertiary/aromatic N) is 2. The predicted octanol–water partition coefficient (Wildman–Crippen LogP) is 3.12. The molecule has 1 aromatic carbocycles. The molecule has 0 aliphatic heterocycles. The Morgan fingerprint density at radius 3 is 2.43 bits per heavy atom. The van der Waals surface area contributed by atoms with Gasteiger partial charge in [-0.25, -0.2) is 0 Å². The number of rotatable bonds is 4. The van der Waals surface area contributed by atoms with Gasteiger partial charge in [-0.1, -0.05) is 0 Å². The Labute approximate surface area is 122 Å². The molecule has 5 nitrogen and oxygen atoms in total. The molecule has 0 saturated heterocycles. The molecule has 5 heteroatoms. The summed E-state index contributed by atoms with van der Waals surface area (Å²) in [5.74, 6) is 1.32. The Kier molecular flexibility index (Phi) is 3.55. The third-order valence-corrected chi connectivity index (χ3v) is 3.22. The highest BCUT2D eigenvalue weighted by Crippen LogP contribution is 2.34. The molecular weight excluding hydrogens is 264 g/mol. The Balaban J connectivity index is 2.03. The van der Waals surface area contributed by atoms with E-state index in [1.165, 1.54) is 0 Å². The molecule has 3 aromatic rings. The minimum absolute atomic E-state index is 0.477. The van der Waals surface area contributed by atoms with Crippen molar-refractivity contribution in [2.75, 3.05) is 12.3 Å². The zero-order chi connectivity index (χ0) is 14.7. The fourth-order valence-electron chi connectivity index (χ4n) is 2.26. The first-order valence-electron chi connectivity index (χ1n) is 6.77. The maximum Gasteiger partial charge on any atom is 0.153 e. The van der Waals surface area contributed by atoms with Crippen molar-refractivity contribution in [3.05, 3.63) is 48.8 Å². The van der Waals surface area contributed by atoms with E-state index < -0.39 is 0 Å². The number of nitrogen functional groups attached to an aromatic ring is 1. The van der Waals surface area contributed by atoms with Crippen molar-refractivity contribution in [1.29, 1.82) is 0 Å². The fraction of sp³-hybridized carbons (Fsp3) is 0.125. The minimum atomic E-state index is 0.477. The van der Waals surface area contributed by atoms with Gasteiger partial charge in [0, 0.05) is 18.0 Å². The van der Waals surface area contributed by atoms with E-state index in [1.54, 1.807) is 12.4 Å². The van der Waals surface area contributed by atoms with Crippen molar-refractivity contribution in [2.24, 2.45) is 0 Å². The van der Waals surface area contributed by atoms with E-state index in [0.29, 0.717) is 12.4 Å². The number of nitrogens with two attached hydrogens (primary N) is 1. The van der Waals surface area contributed by atoms with Crippen LogP contribution < -0.4 is 10.5 Å². The van der Waals surface area contributed by atoms with Crippen molar-refractivity contribution in [3.8, 4) is 28.1 Å².